The maximum Gasteiger partial charge on any atom is 0.255 e. The van der Waals surface area contributed by atoms with E-state index in [0.717, 1.165) is 24.9 Å². The number of unbranched alkanes of at least 4 members (excludes halogenated alkanes) is 11. The molecule has 0 spiro atoms. The summed E-state index contributed by atoms with van der Waals surface area (Å²) in [7, 11) is 0. The number of halogens is 2. The minimum Gasteiger partial charge on any atom is -1.00 e. The van der Waals surface area contributed by atoms with Gasteiger partial charge in [-0.3, -0.25) is 4.79 Å². The third kappa shape index (κ3) is 11.8. The topological polar surface area (TPSA) is 42.2 Å². The molecule has 3 rings (SSSR count). The summed E-state index contributed by atoms with van der Waals surface area (Å²) in [4.78, 5) is 12.9. The van der Waals surface area contributed by atoms with Crippen molar-refractivity contribution in [3.63, 3.8) is 0 Å². The van der Waals surface area contributed by atoms with E-state index in [2.05, 4.69) is 35.3 Å². The molecule has 0 saturated heterocycles. The second-order valence-corrected chi connectivity index (χ2v) is 11.2. The third-order valence-electron chi connectivity index (χ3n) is 6.91. The van der Waals surface area contributed by atoms with E-state index < -0.39 is 5.82 Å². The molecule has 1 heterocycles. The van der Waals surface area contributed by atoms with E-state index in [1.807, 2.05) is 12.1 Å². The maximum absolute atomic E-state index is 14.5. The summed E-state index contributed by atoms with van der Waals surface area (Å²) in [6.45, 7) is 5.55. The summed E-state index contributed by atoms with van der Waals surface area (Å²) in [6.07, 6.45) is 17.2. The largest absolute Gasteiger partial charge is 1.00 e. The average Bonchev–Trinajstić information content (AvgIpc) is 3.32. The van der Waals surface area contributed by atoms with Gasteiger partial charge in [-0.05, 0) is 30.7 Å². The van der Waals surface area contributed by atoms with Crippen molar-refractivity contribution in [1.29, 1.82) is 0 Å². The first-order chi connectivity index (χ1) is 18.6. The fourth-order valence-corrected chi connectivity index (χ4v) is 5.23. The number of nitrogens with zero attached hydrogens (tertiary/aromatic N) is 1. The number of ether oxygens (including phenoxy) is 1. The molecule has 0 bridgehead atoms. The molecular weight excluding hydrogens is 575 g/mol. The quantitative estimate of drug-likeness (QED) is 0.143. The first-order valence-corrected chi connectivity index (χ1v) is 15.2. The predicted molar refractivity (Wildman–Crippen MR) is 156 cm³/mol. The van der Waals surface area contributed by atoms with Crippen molar-refractivity contribution in [2.45, 2.75) is 97.4 Å². The van der Waals surface area contributed by atoms with Crippen LogP contribution in [-0.4, -0.2) is 12.5 Å². The van der Waals surface area contributed by atoms with Gasteiger partial charge >= 0.3 is 0 Å². The number of benzene rings is 2. The number of aromatic nitrogens is 1. The second-order valence-electron chi connectivity index (χ2n) is 10.1. The Morgan fingerprint density at radius 3 is 2.10 bits per heavy atom. The Hall–Kier alpha value is -2.25. The molecule has 39 heavy (non-hydrogen) atoms. The number of thiazole rings is 1. The van der Waals surface area contributed by atoms with E-state index in [9.17, 15) is 9.18 Å². The van der Waals surface area contributed by atoms with Crippen molar-refractivity contribution in [2.24, 2.45) is 0 Å². The van der Waals surface area contributed by atoms with Crippen LogP contribution in [0.25, 0.3) is 0 Å². The zero-order valence-electron chi connectivity index (χ0n) is 23.5. The number of rotatable bonds is 18. The molecule has 1 N–H and O–H groups in total. The molecule has 3 aromatic rings. The Morgan fingerprint density at radius 2 is 1.51 bits per heavy atom. The van der Waals surface area contributed by atoms with Crippen LogP contribution in [-0.2, 0) is 6.54 Å². The van der Waals surface area contributed by atoms with Crippen LogP contribution in [0.3, 0.4) is 0 Å². The van der Waals surface area contributed by atoms with E-state index >= 15 is 0 Å². The zero-order valence-corrected chi connectivity index (χ0v) is 25.9. The lowest BCUT2D eigenvalue weighted by Gasteiger charge is -2.13. The lowest BCUT2D eigenvalue weighted by atomic mass is 10.1. The lowest BCUT2D eigenvalue weighted by molar-refractivity contribution is -0.689. The number of carbonyl (C=O) groups excluding carboxylic acids is 1. The van der Waals surface area contributed by atoms with E-state index in [-0.39, 0.29) is 28.6 Å². The van der Waals surface area contributed by atoms with Crippen LogP contribution >= 0.6 is 11.3 Å². The highest BCUT2D eigenvalue weighted by Crippen LogP contribution is 2.28. The van der Waals surface area contributed by atoms with Gasteiger partial charge < -0.3 is 27.0 Å². The summed E-state index contributed by atoms with van der Waals surface area (Å²) in [5.41, 5.74) is 2.00. The Kier molecular flexibility index (Phi) is 16.0. The normalized spacial score (nSPS) is 10.7. The molecule has 0 atom stereocenters. The van der Waals surface area contributed by atoms with Crippen molar-refractivity contribution in [2.75, 3.05) is 11.9 Å². The first-order valence-electron chi connectivity index (χ1n) is 14.3. The molecule has 2 aromatic carbocycles. The molecular formula is C32H44BrFN2O2S. The van der Waals surface area contributed by atoms with Crippen LogP contribution < -0.4 is 31.6 Å². The van der Waals surface area contributed by atoms with E-state index in [4.69, 9.17) is 4.74 Å². The lowest BCUT2D eigenvalue weighted by Crippen LogP contribution is -3.00. The van der Waals surface area contributed by atoms with Gasteiger partial charge in [-0.25, -0.2) is 4.39 Å². The highest BCUT2D eigenvalue weighted by Gasteiger charge is 2.15. The van der Waals surface area contributed by atoms with Crippen LogP contribution in [0.1, 0.15) is 105 Å². The highest BCUT2D eigenvalue weighted by atomic mass is 79.9. The van der Waals surface area contributed by atoms with E-state index in [1.54, 1.807) is 35.6 Å². The molecule has 0 saturated carbocycles. The molecule has 0 unspecified atom stereocenters. The summed E-state index contributed by atoms with van der Waals surface area (Å²) >= 11 is 1.71. The molecule has 4 nitrogen and oxygen atoms in total. The van der Waals surface area contributed by atoms with Gasteiger partial charge in [-0.15, -0.1) is 0 Å². The predicted octanol–water partition coefficient (Wildman–Crippen LogP) is 5.87. The number of nitrogens with one attached hydrogen (secondary N) is 1. The molecule has 0 aliphatic rings. The van der Waals surface area contributed by atoms with Crippen molar-refractivity contribution in [3.05, 3.63) is 76.0 Å². The number of hydrogen-bond donors (Lipinski definition) is 1. The molecule has 7 heteroatoms. The van der Waals surface area contributed by atoms with Crippen LogP contribution in [0.4, 0.5) is 10.1 Å². The number of aryl methyl sites for hydroxylation is 1. The first kappa shape index (κ1) is 33.0. The molecule has 214 valence electrons. The molecule has 0 aliphatic carbocycles. The Morgan fingerprint density at radius 1 is 0.897 bits per heavy atom. The summed E-state index contributed by atoms with van der Waals surface area (Å²) in [5.74, 6) is -0.623. The van der Waals surface area contributed by atoms with Gasteiger partial charge in [0.15, 0.2) is 24.3 Å². The van der Waals surface area contributed by atoms with Crippen molar-refractivity contribution < 1.29 is 35.5 Å². The van der Waals surface area contributed by atoms with Gasteiger partial charge in [-0.2, -0.15) is 4.57 Å². The number of para-hydroxylation sites is 1. The molecule has 1 aromatic heterocycles. The summed E-state index contributed by atoms with van der Waals surface area (Å²) in [5, 5.41) is 6.12. The number of anilines is 1. The van der Waals surface area contributed by atoms with Gasteiger partial charge in [0, 0.05) is 18.1 Å². The summed E-state index contributed by atoms with van der Waals surface area (Å²) < 4.78 is 22.5. The van der Waals surface area contributed by atoms with E-state index in [0.29, 0.717) is 17.9 Å². The number of amides is 1. The monoisotopic (exact) mass is 618 g/mol. The number of hydrogen-bond acceptors (Lipinski definition) is 3. The van der Waals surface area contributed by atoms with Gasteiger partial charge in [-0.1, -0.05) is 107 Å². The Labute approximate surface area is 248 Å². The van der Waals surface area contributed by atoms with Gasteiger partial charge in [0.2, 0.25) is 5.01 Å². The Balaban J connectivity index is 0.00000533. The van der Waals surface area contributed by atoms with Crippen LogP contribution in [0.2, 0.25) is 0 Å². The van der Waals surface area contributed by atoms with Crippen molar-refractivity contribution >= 4 is 22.9 Å². The fourth-order valence-electron chi connectivity index (χ4n) is 4.56. The average molecular weight is 620 g/mol. The molecule has 1 amide bonds. The second kappa shape index (κ2) is 18.9. The SMILES string of the molecule is CCCCCCCCCCCCCCOc1c(F)cccc1NC(=O)c1ccc(C[n+]2ccsc2C)cc1.[Br-]. The minimum absolute atomic E-state index is 0. The number of carbonyl (C=O) groups is 1. The van der Waals surface area contributed by atoms with E-state index in [1.165, 1.54) is 75.3 Å². The van der Waals surface area contributed by atoms with Crippen molar-refractivity contribution in [3.8, 4) is 5.75 Å². The minimum atomic E-state index is -0.458. The third-order valence-corrected chi connectivity index (χ3v) is 7.75. The smallest absolute Gasteiger partial charge is 0.255 e. The maximum atomic E-state index is 14.5. The standard InChI is InChI=1S/C32H43FN2O2S.BrH/c1-3-4-5-6-7-8-9-10-11-12-13-14-23-37-31-29(33)16-15-17-30(31)34-32(36)28-20-18-27(19-21-28)25-35-22-24-38-26(35)2;/h15-22,24H,3-14,23,25H2,1-2H3;1H. The fraction of sp³-hybridized carbons (Fsp3) is 0.500. The highest BCUT2D eigenvalue weighted by molar-refractivity contribution is 7.09. The van der Waals surface area contributed by atoms with Crippen LogP contribution in [0.15, 0.2) is 54.0 Å². The van der Waals surface area contributed by atoms with Crippen LogP contribution in [0.5, 0.6) is 5.75 Å². The zero-order chi connectivity index (χ0) is 27.0. The van der Waals surface area contributed by atoms with Gasteiger partial charge in [0.05, 0.1) is 17.7 Å². The molecule has 0 radical (unpaired) electrons. The molecule has 0 fully saturated rings. The Bertz CT molecular complexity index is 1100. The van der Waals surface area contributed by atoms with Gasteiger partial charge in [0.1, 0.15) is 0 Å². The summed E-state index contributed by atoms with van der Waals surface area (Å²) in [6, 6.07) is 12.2. The van der Waals surface area contributed by atoms with Crippen LogP contribution in [0, 0.1) is 12.7 Å². The molecule has 0 aliphatic heterocycles. The van der Waals surface area contributed by atoms with Crippen molar-refractivity contribution in [1.82, 2.24) is 0 Å². The van der Waals surface area contributed by atoms with Gasteiger partial charge in [0.25, 0.3) is 5.91 Å².